The average molecular weight is 420 g/mol. The van der Waals surface area contributed by atoms with Gasteiger partial charge in [0.15, 0.2) is 6.61 Å². The van der Waals surface area contributed by atoms with E-state index in [4.69, 9.17) is 9.47 Å². The minimum Gasteiger partial charge on any atom is -0.497 e. The number of imide groups is 1. The van der Waals surface area contributed by atoms with Crippen molar-refractivity contribution in [3.05, 3.63) is 88.7 Å². The Bertz CT molecular complexity index is 1090. The molecular formula is C24H24N2O5. The number of ether oxygens (including phenoxy) is 2. The fourth-order valence-corrected chi connectivity index (χ4v) is 3.20. The molecule has 1 N–H and O–H groups in total. The van der Waals surface area contributed by atoms with Crippen LogP contribution in [0, 0.1) is 13.8 Å². The van der Waals surface area contributed by atoms with E-state index in [1.54, 1.807) is 18.2 Å². The number of esters is 1. The van der Waals surface area contributed by atoms with Gasteiger partial charge in [-0.1, -0.05) is 30.3 Å². The summed E-state index contributed by atoms with van der Waals surface area (Å²) in [6.07, 6.45) is 0. The summed E-state index contributed by atoms with van der Waals surface area (Å²) in [6, 6.07) is 17.9. The summed E-state index contributed by atoms with van der Waals surface area (Å²) in [5.74, 6) is -1.29. The van der Waals surface area contributed by atoms with Crippen LogP contribution in [0.3, 0.4) is 0 Å². The SMILES string of the molecule is COc1ccc(C(=O)NC(=O)COC(=O)c2cc(C)n(Cc3ccccc3)c2C)cc1. The maximum absolute atomic E-state index is 12.5. The summed E-state index contributed by atoms with van der Waals surface area (Å²) in [7, 11) is 1.52. The molecule has 1 aromatic heterocycles. The number of benzene rings is 2. The van der Waals surface area contributed by atoms with Crippen molar-refractivity contribution in [3.63, 3.8) is 0 Å². The first kappa shape index (κ1) is 21.8. The lowest BCUT2D eigenvalue weighted by atomic mass is 10.2. The molecule has 31 heavy (non-hydrogen) atoms. The number of rotatable bonds is 7. The number of nitrogens with one attached hydrogen (secondary N) is 1. The first-order chi connectivity index (χ1) is 14.9. The quantitative estimate of drug-likeness (QED) is 0.593. The minimum absolute atomic E-state index is 0.296. The fraction of sp³-hybridized carbons (Fsp3) is 0.208. The molecule has 3 rings (SSSR count). The Balaban J connectivity index is 1.58. The molecule has 0 radical (unpaired) electrons. The second-order valence-corrected chi connectivity index (χ2v) is 7.04. The molecule has 0 atom stereocenters. The normalized spacial score (nSPS) is 10.4. The predicted octanol–water partition coefficient (Wildman–Crippen LogP) is 3.28. The summed E-state index contributed by atoms with van der Waals surface area (Å²) in [5, 5.41) is 2.20. The molecular weight excluding hydrogens is 396 g/mol. The van der Waals surface area contributed by atoms with Crippen LogP contribution in [-0.2, 0) is 16.1 Å². The summed E-state index contributed by atoms with van der Waals surface area (Å²) in [4.78, 5) is 36.7. The van der Waals surface area contributed by atoms with Crippen molar-refractivity contribution >= 4 is 17.8 Å². The van der Waals surface area contributed by atoms with E-state index in [0.717, 1.165) is 17.0 Å². The lowest BCUT2D eigenvalue weighted by molar-refractivity contribution is -0.123. The maximum Gasteiger partial charge on any atom is 0.340 e. The molecule has 7 heteroatoms. The average Bonchev–Trinajstić information content (AvgIpc) is 3.06. The molecule has 1 heterocycles. The molecule has 160 valence electrons. The Hall–Kier alpha value is -3.87. The van der Waals surface area contributed by atoms with Gasteiger partial charge in [0.2, 0.25) is 0 Å². The Kier molecular flexibility index (Phi) is 6.87. The van der Waals surface area contributed by atoms with E-state index in [1.807, 2.05) is 48.7 Å². The number of carbonyl (C=O) groups is 3. The number of aromatic nitrogens is 1. The molecule has 3 aromatic rings. The van der Waals surface area contributed by atoms with Crippen LogP contribution in [0.15, 0.2) is 60.7 Å². The predicted molar refractivity (Wildman–Crippen MR) is 115 cm³/mol. The number of carbonyl (C=O) groups excluding carboxylic acids is 3. The smallest absolute Gasteiger partial charge is 0.340 e. The Morgan fingerprint density at radius 2 is 1.65 bits per heavy atom. The zero-order chi connectivity index (χ0) is 22.4. The van der Waals surface area contributed by atoms with Gasteiger partial charge in [-0.2, -0.15) is 0 Å². The third-order valence-corrected chi connectivity index (χ3v) is 4.92. The monoisotopic (exact) mass is 420 g/mol. The van der Waals surface area contributed by atoms with Crippen LogP contribution in [0.2, 0.25) is 0 Å². The van der Waals surface area contributed by atoms with Crippen LogP contribution in [0.25, 0.3) is 0 Å². The summed E-state index contributed by atoms with van der Waals surface area (Å²) < 4.78 is 12.2. The number of nitrogens with zero attached hydrogens (tertiary/aromatic N) is 1. The van der Waals surface area contributed by atoms with Gasteiger partial charge in [-0.05, 0) is 49.7 Å². The molecule has 0 aliphatic carbocycles. The summed E-state index contributed by atoms with van der Waals surface area (Å²) >= 11 is 0. The molecule has 0 spiro atoms. The molecule has 0 aliphatic heterocycles. The van der Waals surface area contributed by atoms with E-state index in [1.165, 1.54) is 19.2 Å². The van der Waals surface area contributed by atoms with Gasteiger partial charge in [0.05, 0.1) is 12.7 Å². The molecule has 2 amide bonds. The van der Waals surface area contributed by atoms with Crippen LogP contribution in [0.4, 0.5) is 0 Å². The van der Waals surface area contributed by atoms with Gasteiger partial charge in [0.1, 0.15) is 5.75 Å². The molecule has 0 saturated heterocycles. The fourth-order valence-electron chi connectivity index (χ4n) is 3.20. The molecule has 0 fully saturated rings. The molecule has 2 aromatic carbocycles. The second kappa shape index (κ2) is 9.75. The van der Waals surface area contributed by atoms with Gasteiger partial charge in [0, 0.05) is 23.5 Å². The number of methoxy groups -OCH3 is 1. The number of hydrogen-bond donors (Lipinski definition) is 1. The minimum atomic E-state index is -0.702. The van der Waals surface area contributed by atoms with Crippen LogP contribution >= 0.6 is 0 Å². The zero-order valence-corrected chi connectivity index (χ0v) is 17.7. The second-order valence-electron chi connectivity index (χ2n) is 7.04. The van der Waals surface area contributed by atoms with E-state index in [9.17, 15) is 14.4 Å². The highest BCUT2D eigenvalue weighted by Crippen LogP contribution is 2.18. The third-order valence-electron chi connectivity index (χ3n) is 4.92. The lowest BCUT2D eigenvalue weighted by Gasteiger charge is -2.10. The van der Waals surface area contributed by atoms with Crippen molar-refractivity contribution < 1.29 is 23.9 Å². The Morgan fingerprint density at radius 1 is 0.968 bits per heavy atom. The molecule has 0 unspecified atom stereocenters. The van der Waals surface area contributed by atoms with Gasteiger partial charge >= 0.3 is 5.97 Å². The number of amides is 2. The molecule has 0 bridgehead atoms. The molecule has 7 nitrogen and oxygen atoms in total. The standard InChI is InChI=1S/C24H24N2O5/c1-16-13-21(17(2)26(16)14-18-7-5-4-6-8-18)24(29)31-15-22(27)25-23(28)19-9-11-20(30-3)12-10-19/h4-13H,14-15H2,1-3H3,(H,25,27,28). The summed E-state index contributed by atoms with van der Waals surface area (Å²) in [6.45, 7) is 3.82. The highest BCUT2D eigenvalue weighted by atomic mass is 16.5. The van der Waals surface area contributed by atoms with Crippen molar-refractivity contribution in [2.75, 3.05) is 13.7 Å². The van der Waals surface area contributed by atoms with Crippen molar-refractivity contribution in [2.45, 2.75) is 20.4 Å². The first-order valence-corrected chi connectivity index (χ1v) is 9.75. The van der Waals surface area contributed by atoms with Crippen LogP contribution in [-0.4, -0.2) is 36.1 Å². The van der Waals surface area contributed by atoms with Gasteiger partial charge in [0.25, 0.3) is 11.8 Å². The van der Waals surface area contributed by atoms with Gasteiger partial charge in [-0.25, -0.2) is 4.79 Å². The van der Waals surface area contributed by atoms with Crippen molar-refractivity contribution in [1.82, 2.24) is 9.88 Å². The highest BCUT2D eigenvalue weighted by molar-refractivity contribution is 6.05. The van der Waals surface area contributed by atoms with Gasteiger partial charge in [-0.15, -0.1) is 0 Å². The van der Waals surface area contributed by atoms with Crippen LogP contribution in [0.1, 0.15) is 37.7 Å². The largest absolute Gasteiger partial charge is 0.497 e. The van der Waals surface area contributed by atoms with Crippen LogP contribution in [0.5, 0.6) is 5.75 Å². The van der Waals surface area contributed by atoms with Gasteiger partial charge < -0.3 is 14.0 Å². The Morgan fingerprint density at radius 3 is 2.29 bits per heavy atom. The molecule has 0 saturated carbocycles. The highest BCUT2D eigenvalue weighted by Gasteiger charge is 2.19. The number of aryl methyl sites for hydroxylation is 1. The van der Waals surface area contributed by atoms with Gasteiger partial charge in [-0.3, -0.25) is 14.9 Å². The topological polar surface area (TPSA) is 86.6 Å². The Labute approximate surface area is 180 Å². The van der Waals surface area contributed by atoms with E-state index in [-0.39, 0.29) is 0 Å². The van der Waals surface area contributed by atoms with Crippen molar-refractivity contribution in [3.8, 4) is 5.75 Å². The van der Waals surface area contributed by atoms with Crippen molar-refractivity contribution in [1.29, 1.82) is 0 Å². The van der Waals surface area contributed by atoms with Crippen LogP contribution < -0.4 is 10.1 Å². The van der Waals surface area contributed by atoms with Crippen molar-refractivity contribution in [2.24, 2.45) is 0 Å². The lowest BCUT2D eigenvalue weighted by Crippen LogP contribution is -2.34. The van der Waals surface area contributed by atoms with E-state index in [2.05, 4.69) is 5.32 Å². The molecule has 0 aliphatic rings. The third kappa shape index (κ3) is 5.39. The van der Waals surface area contributed by atoms with E-state index < -0.39 is 24.4 Å². The van der Waals surface area contributed by atoms with E-state index >= 15 is 0 Å². The maximum atomic E-state index is 12.5. The number of hydrogen-bond acceptors (Lipinski definition) is 5. The zero-order valence-electron chi connectivity index (χ0n) is 17.7. The summed E-state index contributed by atoms with van der Waals surface area (Å²) in [5.41, 5.74) is 3.46. The van der Waals surface area contributed by atoms with E-state index in [0.29, 0.717) is 23.4 Å². The first-order valence-electron chi connectivity index (χ1n) is 9.75.